The van der Waals surface area contributed by atoms with Crippen LogP contribution >= 0.6 is 0 Å². The third kappa shape index (κ3) is 6.33. The molecule has 1 aliphatic heterocycles. The minimum Gasteiger partial charge on any atom is -0.493 e. The quantitative estimate of drug-likeness (QED) is 0.428. The van der Waals surface area contributed by atoms with E-state index in [1.54, 1.807) is 44.2 Å². The zero-order valence-electron chi connectivity index (χ0n) is 21.6. The summed E-state index contributed by atoms with van der Waals surface area (Å²) in [6.45, 7) is 4.46. The second kappa shape index (κ2) is 11.7. The Morgan fingerprint density at radius 2 is 1.76 bits per heavy atom. The van der Waals surface area contributed by atoms with Gasteiger partial charge in [-0.1, -0.05) is 23.8 Å². The molecule has 0 fully saturated rings. The highest BCUT2D eigenvalue weighted by Gasteiger charge is 2.31. The Bertz CT molecular complexity index is 1260. The maximum atomic E-state index is 12.8. The van der Waals surface area contributed by atoms with Crippen LogP contribution in [0.3, 0.4) is 0 Å². The van der Waals surface area contributed by atoms with Crippen LogP contribution in [0.5, 0.6) is 23.0 Å². The van der Waals surface area contributed by atoms with Crippen LogP contribution in [0.4, 0.5) is 11.4 Å². The van der Waals surface area contributed by atoms with Crippen molar-refractivity contribution in [3.05, 3.63) is 71.8 Å². The minimum atomic E-state index is -0.636. The highest BCUT2D eigenvalue weighted by Crippen LogP contribution is 2.36. The summed E-state index contributed by atoms with van der Waals surface area (Å²) >= 11 is 0. The topological polar surface area (TPSA) is 86.3 Å². The van der Waals surface area contributed by atoms with Crippen LogP contribution in [0.25, 0.3) is 0 Å². The first kappa shape index (κ1) is 25.9. The zero-order valence-corrected chi connectivity index (χ0v) is 21.6. The normalized spacial score (nSPS) is 14.4. The fourth-order valence-corrected chi connectivity index (χ4v) is 4.13. The van der Waals surface area contributed by atoms with Gasteiger partial charge in [0.05, 0.1) is 26.5 Å². The molecule has 4 rings (SSSR count). The number of rotatable bonds is 10. The van der Waals surface area contributed by atoms with E-state index in [2.05, 4.69) is 5.32 Å². The van der Waals surface area contributed by atoms with E-state index in [0.29, 0.717) is 54.6 Å². The lowest BCUT2D eigenvalue weighted by Crippen LogP contribution is -2.46. The minimum absolute atomic E-state index is 0.127. The molecule has 2 amide bonds. The average molecular weight is 505 g/mol. The molecule has 1 atom stereocenters. The number of hydrogen-bond donors (Lipinski definition) is 1. The van der Waals surface area contributed by atoms with Crippen molar-refractivity contribution in [3.63, 3.8) is 0 Å². The molecule has 3 aromatic rings. The number of amides is 2. The summed E-state index contributed by atoms with van der Waals surface area (Å²) in [4.78, 5) is 27.1. The number of fused-ring (bicyclic) bond motifs is 1. The number of carbonyl (C=O) groups is 2. The predicted molar refractivity (Wildman–Crippen MR) is 142 cm³/mol. The Morgan fingerprint density at radius 3 is 2.49 bits per heavy atom. The van der Waals surface area contributed by atoms with Crippen molar-refractivity contribution in [2.45, 2.75) is 32.8 Å². The lowest BCUT2D eigenvalue weighted by Gasteiger charge is -2.33. The number of carbonyl (C=O) groups excluding carboxylic acids is 2. The summed E-state index contributed by atoms with van der Waals surface area (Å²) < 4.78 is 22.3. The maximum absolute atomic E-state index is 12.8. The molecule has 37 heavy (non-hydrogen) atoms. The first-order chi connectivity index (χ1) is 17.9. The Kier molecular flexibility index (Phi) is 8.18. The van der Waals surface area contributed by atoms with Crippen LogP contribution in [-0.2, 0) is 16.0 Å². The zero-order chi connectivity index (χ0) is 26.4. The number of hydrogen-bond acceptors (Lipinski definition) is 6. The van der Waals surface area contributed by atoms with Crippen molar-refractivity contribution < 1.29 is 28.5 Å². The van der Waals surface area contributed by atoms with Crippen LogP contribution in [0, 0.1) is 6.92 Å². The van der Waals surface area contributed by atoms with Gasteiger partial charge >= 0.3 is 0 Å². The molecule has 8 heteroatoms. The van der Waals surface area contributed by atoms with E-state index in [-0.39, 0.29) is 11.8 Å². The van der Waals surface area contributed by atoms with Crippen LogP contribution in [-0.4, -0.2) is 45.3 Å². The van der Waals surface area contributed by atoms with Gasteiger partial charge in [0.25, 0.3) is 5.91 Å². The van der Waals surface area contributed by atoms with Crippen molar-refractivity contribution in [2.75, 3.05) is 37.6 Å². The van der Waals surface area contributed by atoms with Crippen molar-refractivity contribution in [3.8, 4) is 23.0 Å². The summed E-state index contributed by atoms with van der Waals surface area (Å²) in [7, 11) is 3.17. The van der Waals surface area contributed by atoms with Gasteiger partial charge in [-0.05, 0) is 62.2 Å². The largest absolute Gasteiger partial charge is 0.493 e. The van der Waals surface area contributed by atoms with Crippen molar-refractivity contribution in [2.24, 2.45) is 0 Å². The van der Waals surface area contributed by atoms with Crippen molar-refractivity contribution in [1.29, 1.82) is 0 Å². The van der Waals surface area contributed by atoms with E-state index in [4.69, 9.17) is 18.9 Å². The molecule has 1 N–H and O–H groups in total. The monoisotopic (exact) mass is 504 g/mol. The molecule has 0 spiro atoms. The van der Waals surface area contributed by atoms with Crippen molar-refractivity contribution >= 4 is 23.2 Å². The Hall–Kier alpha value is -4.20. The number of benzene rings is 3. The van der Waals surface area contributed by atoms with Gasteiger partial charge in [0.2, 0.25) is 5.91 Å². The summed E-state index contributed by atoms with van der Waals surface area (Å²) in [6.07, 6.45) is 0.210. The fourth-order valence-electron chi connectivity index (χ4n) is 4.13. The van der Waals surface area contributed by atoms with Gasteiger partial charge in [0, 0.05) is 18.2 Å². The maximum Gasteiger partial charge on any atom is 0.267 e. The smallest absolute Gasteiger partial charge is 0.267 e. The summed E-state index contributed by atoms with van der Waals surface area (Å²) in [5.74, 6) is 2.31. The Labute approximate surface area is 217 Å². The van der Waals surface area contributed by atoms with Gasteiger partial charge in [-0.25, -0.2) is 0 Å². The lowest BCUT2D eigenvalue weighted by atomic mass is 10.1. The van der Waals surface area contributed by atoms with Gasteiger partial charge in [-0.3, -0.25) is 9.59 Å². The lowest BCUT2D eigenvalue weighted by molar-refractivity contribution is -0.125. The molecule has 0 saturated carbocycles. The average Bonchev–Trinajstić information content (AvgIpc) is 2.90. The molecule has 3 aromatic carbocycles. The Balaban J connectivity index is 1.37. The van der Waals surface area contributed by atoms with E-state index in [1.807, 2.05) is 49.4 Å². The standard InChI is InChI=1S/C29H32N2O6/c1-19-5-10-23(11-6-19)36-16-15-31-24-12-9-22(18-26(24)37-20(2)29(31)33)30-28(32)14-8-21-7-13-25(34-3)27(17-21)35-4/h5-7,9-13,17-18,20H,8,14-16H2,1-4H3,(H,30,32). The van der Waals surface area contributed by atoms with E-state index >= 15 is 0 Å². The van der Waals surface area contributed by atoms with Gasteiger partial charge in [-0.15, -0.1) is 0 Å². The molecule has 1 aliphatic rings. The van der Waals surface area contributed by atoms with Gasteiger partial charge in [0.1, 0.15) is 18.1 Å². The number of methoxy groups -OCH3 is 2. The molecule has 0 radical (unpaired) electrons. The summed E-state index contributed by atoms with van der Waals surface area (Å²) in [5, 5.41) is 2.92. The highest BCUT2D eigenvalue weighted by atomic mass is 16.5. The molecule has 194 valence electrons. The molecule has 0 aromatic heterocycles. The highest BCUT2D eigenvalue weighted by molar-refractivity contribution is 6.00. The third-order valence-electron chi connectivity index (χ3n) is 6.15. The van der Waals surface area contributed by atoms with E-state index < -0.39 is 6.10 Å². The fraction of sp³-hybridized carbons (Fsp3) is 0.310. The number of nitrogens with one attached hydrogen (secondary N) is 1. The third-order valence-corrected chi connectivity index (χ3v) is 6.15. The second-order valence-corrected chi connectivity index (χ2v) is 8.83. The summed E-state index contributed by atoms with van der Waals surface area (Å²) in [5.41, 5.74) is 3.38. The molecule has 1 unspecified atom stereocenters. The molecule has 1 heterocycles. The number of ether oxygens (including phenoxy) is 4. The van der Waals surface area contributed by atoms with Crippen LogP contribution in [0.2, 0.25) is 0 Å². The van der Waals surface area contributed by atoms with Gasteiger partial charge < -0.3 is 29.2 Å². The number of nitrogens with zero attached hydrogens (tertiary/aromatic N) is 1. The van der Waals surface area contributed by atoms with Crippen LogP contribution in [0.15, 0.2) is 60.7 Å². The molecular formula is C29H32N2O6. The molecule has 8 nitrogen and oxygen atoms in total. The predicted octanol–water partition coefficient (Wildman–Crippen LogP) is 4.78. The molecular weight excluding hydrogens is 472 g/mol. The van der Waals surface area contributed by atoms with E-state index in [1.165, 1.54) is 0 Å². The SMILES string of the molecule is COc1ccc(CCC(=O)Nc2ccc3c(c2)OC(C)C(=O)N3CCOc2ccc(C)cc2)cc1OC. The van der Waals surface area contributed by atoms with Gasteiger partial charge in [-0.2, -0.15) is 0 Å². The first-order valence-electron chi connectivity index (χ1n) is 12.2. The number of anilines is 2. The molecule has 0 saturated heterocycles. The Morgan fingerprint density at radius 1 is 1.00 bits per heavy atom. The van der Waals surface area contributed by atoms with E-state index in [9.17, 15) is 9.59 Å². The van der Waals surface area contributed by atoms with Crippen molar-refractivity contribution in [1.82, 2.24) is 0 Å². The summed E-state index contributed by atoms with van der Waals surface area (Å²) in [6, 6.07) is 18.7. The second-order valence-electron chi connectivity index (χ2n) is 8.83. The van der Waals surface area contributed by atoms with E-state index in [0.717, 1.165) is 16.9 Å². The molecule has 0 bridgehead atoms. The van der Waals surface area contributed by atoms with Crippen LogP contribution < -0.4 is 29.2 Å². The van der Waals surface area contributed by atoms with Gasteiger partial charge in [0.15, 0.2) is 17.6 Å². The molecule has 0 aliphatic carbocycles. The number of aryl methyl sites for hydroxylation is 2. The van der Waals surface area contributed by atoms with Crippen LogP contribution in [0.1, 0.15) is 24.5 Å². The first-order valence-corrected chi connectivity index (χ1v) is 12.2.